The van der Waals surface area contributed by atoms with Crippen molar-refractivity contribution < 1.29 is 0 Å². The number of aromatic nitrogens is 2. The van der Waals surface area contributed by atoms with E-state index in [4.69, 9.17) is 0 Å². The number of aryl methyl sites for hydroxylation is 1. The predicted octanol–water partition coefficient (Wildman–Crippen LogP) is 2.57. The monoisotopic (exact) mass is 235 g/mol. The van der Waals surface area contributed by atoms with Crippen LogP contribution in [0.4, 0.5) is 0 Å². The molecular formula is C14H25N3. The van der Waals surface area contributed by atoms with Gasteiger partial charge in [-0.2, -0.15) is 5.10 Å². The molecule has 0 saturated carbocycles. The van der Waals surface area contributed by atoms with Gasteiger partial charge in [0.2, 0.25) is 0 Å². The minimum atomic E-state index is 0.136. The van der Waals surface area contributed by atoms with Crippen LogP contribution in [-0.4, -0.2) is 22.4 Å². The molecular weight excluding hydrogens is 210 g/mol. The van der Waals surface area contributed by atoms with Crippen molar-refractivity contribution in [3.05, 3.63) is 17.5 Å². The fourth-order valence-corrected chi connectivity index (χ4v) is 2.93. The molecule has 2 heterocycles. The van der Waals surface area contributed by atoms with Crippen LogP contribution < -0.4 is 5.32 Å². The van der Waals surface area contributed by atoms with Crippen LogP contribution >= 0.6 is 0 Å². The highest BCUT2D eigenvalue weighted by Crippen LogP contribution is 2.35. The van der Waals surface area contributed by atoms with Gasteiger partial charge in [0, 0.05) is 30.6 Å². The molecule has 1 aromatic rings. The molecule has 1 fully saturated rings. The highest BCUT2D eigenvalue weighted by Gasteiger charge is 2.33. The molecule has 0 amide bonds. The van der Waals surface area contributed by atoms with Crippen LogP contribution in [0.3, 0.4) is 0 Å². The van der Waals surface area contributed by atoms with Gasteiger partial charge in [0.15, 0.2) is 0 Å². The molecule has 1 aromatic heterocycles. The normalized spacial score (nSPS) is 25.5. The van der Waals surface area contributed by atoms with E-state index in [2.05, 4.69) is 44.3 Å². The molecule has 0 radical (unpaired) electrons. The minimum Gasteiger partial charge on any atom is -0.313 e. The van der Waals surface area contributed by atoms with E-state index < -0.39 is 0 Å². The van der Waals surface area contributed by atoms with Crippen LogP contribution in [-0.2, 0) is 12.5 Å². The van der Waals surface area contributed by atoms with E-state index in [0.717, 1.165) is 6.54 Å². The molecule has 0 bridgehead atoms. The maximum Gasteiger partial charge on any atom is 0.0713 e. The standard InChI is InChI=1S/C14H25N3/c1-6-12-10(7-8-15-12)11-9-17(5)16-13(11)14(2,3)4/h9-10,12,15H,6-8H2,1-5H3. The summed E-state index contributed by atoms with van der Waals surface area (Å²) in [4.78, 5) is 0. The number of hydrogen-bond acceptors (Lipinski definition) is 2. The van der Waals surface area contributed by atoms with Crippen molar-refractivity contribution >= 4 is 0 Å². The van der Waals surface area contributed by atoms with Gasteiger partial charge in [0.05, 0.1) is 5.69 Å². The molecule has 3 heteroatoms. The van der Waals surface area contributed by atoms with Crippen molar-refractivity contribution in [3.63, 3.8) is 0 Å². The van der Waals surface area contributed by atoms with Gasteiger partial charge < -0.3 is 5.32 Å². The summed E-state index contributed by atoms with van der Waals surface area (Å²) in [5.74, 6) is 0.642. The Labute approximate surface area is 105 Å². The number of hydrogen-bond donors (Lipinski definition) is 1. The Balaban J connectivity index is 2.38. The Morgan fingerprint density at radius 1 is 1.47 bits per heavy atom. The smallest absolute Gasteiger partial charge is 0.0713 e. The van der Waals surface area contributed by atoms with E-state index in [0.29, 0.717) is 12.0 Å². The fraction of sp³-hybridized carbons (Fsp3) is 0.786. The maximum atomic E-state index is 4.68. The molecule has 2 rings (SSSR count). The first kappa shape index (κ1) is 12.6. The Bertz CT molecular complexity index is 387. The minimum absolute atomic E-state index is 0.136. The average Bonchev–Trinajstić information content (AvgIpc) is 2.81. The third-order valence-electron chi connectivity index (χ3n) is 3.75. The van der Waals surface area contributed by atoms with Gasteiger partial charge in [-0.05, 0) is 24.9 Å². The van der Waals surface area contributed by atoms with E-state index >= 15 is 0 Å². The molecule has 0 aliphatic carbocycles. The van der Waals surface area contributed by atoms with Gasteiger partial charge >= 0.3 is 0 Å². The zero-order valence-electron chi connectivity index (χ0n) is 11.7. The number of rotatable bonds is 2. The second-order valence-corrected chi connectivity index (χ2v) is 6.22. The summed E-state index contributed by atoms with van der Waals surface area (Å²) in [5.41, 5.74) is 2.86. The highest BCUT2D eigenvalue weighted by molar-refractivity contribution is 5.30. The third kappa shape index (κ3) is 2.39. The molecule has 3 nitrogen and oxygen atoms in total. The fourth-order valence-electron chi connectivity index (χ4n) is 2.93. The van der Waals surface area contributed by atoms with Crippen molar-refractivity contribution in [2.24, 2.45) is 7.05 Å². The van der Waals surface area contributed by atoms with Crippen LogP contribution in [0.15, 0.2) is 6.20 Å². The molecule has 17 heavy (non-hydrogen) atoms. The molecule has 1 aliphatic rings. The van der Waals surface area contributed by atoms with Gasteiger partial charge in [-0.3, -0.25) is 4.68 Å². The Morgan fingerprint density at radius 3 is 2.76 bits per heavy atom. The van der Waals surface area contributed by atoms with Crippen LogP contribution in [0.1, 0.15) is 57.7 Å². The van der Waals surface area contributed by atoms with E-state index in [-0.39, 0.29) is 5.41 Å². The van der Waals surface area contributed by atoms with Crippen LogP contribution in [0, 0.1) is 0 Å². The first-order valence-electron chi connectivity index (χ1n) is 6.71. The van der Waals surface area contributed by atoms with E-state index in [1.165, 1.54) is 24.1 Å². The highest BCUT2D eigenvalue weighted by atomic mass is 15.3. The summed E-state index contributed by atoms with van der Waals surface area (Å²) in [6, 6.07) is 0.625. The maximum absolute atomic E-state index is 4.68. The van der Waals surface area contributed by atoms with Crippen LogP contribution in [0.2, 0.25) is 0 Å². The van der Waals surface area contributed by atoms with Crippen LogP contribution in [0.5, 0.6) is 0 Å². The van der Waals surface area contributed by atoms with Gasteiger partial charge in [0.25, 0.3) is 0 Å². The number of nitrogens with one attached hydrogen (secondary N) is 1. The Morgan fingerprint density at radius 2 is 2.18 bits per heavy atom. The summed E-state index contributed by atoms with van der Waals surface area (Å²) >= 11 is 0. The van der Waals surface area contributed by atoms with Crippen molar-refractivity contribution in [3.8, 4) is 0 Å². The molecule has 0 aromatic carbocycles. The summed E-state index contributed by atoms with van der Waals surface area (Å²) in [6.07, 6.45) is 4.66. The van der Waals surface area contributed by atoms with Gasteiger partial charge in [-0.25, -0.2) is 0 Å². The van der Waals surface area contributed by atoms with Gasteiger partial charge in [-0.15, -0.1) is 0 Å². The first-order chi connectivity index (χ1) is 7.93. The molecule has 1 saturated heterocycles. The Hall–Kier alpha value is -0.830. The van der Waals surface area contributed by atoms with Crippen LogP contribution in [0.25, 0.3) is 0 Å². The summed E-state index contributed by atoms with van der Waals surface area (Å²) < 4.78 is 1.97. The molecule has 1 N–H and O–H groups in total. The molecule has 96 valence electrons. The molecule has 1 aliphatic heterocycles. The second kappa shape index (κ2) is 4.45. The zero-order chi connectivity index (χ0) is 12.6. The summed E-state index contributed by atoms with van der Waals surface area (Å²) in [7, 11) is 2.03. The zero-order valence-corrected chi connectivity index (χ0v) is 11.7. The lowest BCUT2D eigenvalue weighted by atomic mass is 9.82. The first-order valence-corrected chi connectivity index (χ1v) is 6.71. The summed E-state index contributed by atoms with van der Waals surface area (Å²) in [6.45, 7) is 10.2. The van der Waals surface area contributed by atoms with Crippen molar-refractivity contribution in [1.82, 2.24) is 15.1 Å². The Kier molecular flexibility index (Phi) is 3.30. The quantitative estimate of drug-likeness (QED) is 0.854. The van der Waals surface area contributed by atoms with E-state index in [1.807, 2.05) is 11.7 Å². The van der Waals surface area contributed by atoms with Crippen molar-refractivity contribution in [2.45, 2.75) is 57.9 Å². The van der Waals surface area contributed by atoms with Gasteiger partial charge in [-0.1, -0.05) is 27.7 Å². The molecule has 2 atom stereocenters. The lowest BCUT2D eigenvalue weighted by Gasteiger charge is -2.23. The average molecular weight is 235 g/mol. The van der Waals surface area contributed by atoms with Crippen molar-refractivity contribution in [2.75, 3.05) is 6.54 Å². The largest absolute Gasteiger partial charge is 0.313 e. The second-order valence-electron chi connectivity index (χ2n) is 6.22. The molecule has 0 spiro atoms. The van der Waals surface area contributed by atoms with Crippen molar-refractivity contribution in [1.29, 1.82) is 0 Å². The topological polar surface area (TPSA) is 29.9 Å². The summed E-state index contributed by atoms with van der Waals surface area (Å²) in [5, 5.41) is 8.29. The predicted molar refractivity (Wildman–Crippen MR) is 71.3 cm³/mol. The van der Waals surface area contributed by atoms with E-state index in [9.17, 15) is 0 Å². The number of nitrogens with zero attached hydrogens (tertiary/aromatic N) is 2. The lowest BCUT2D eigenvalue weighted by molar-refractivity contribution is 0.506. The SMILES string of the molecule is CCC1NCCC1c1cn(C)nc1C(C)(C)C. The van der Waals surface area contributed by atoms with Gasteiger partial charge in [0.1, 0.15) is 0 Å². The third-order valence-corrected chi connectivity index (χ3v) is 3.75. The van der Waals surface area contributed by atoms with E-state index in [1.54, 1.807) is 0 Å². The molecule has 2 unspecified atom stereocenters. The lowest BCUT2D eigenvalue weighted by Crippen LogP contribution is -2.26.